The predicted molar refractivity (Wildman–Crippen MR) is 41.3 cm³/mol. The molecule has 0 aromatic heterocycles. The Bertz CT molecular complexity index is 316. The summed E-state index contributed by atoms with van der Waals surface area (Å²) in [4.78, 5) is 10.4. The van der Waals surface area contributed by atoms with Crippen molar-refractivity contribution < 1.29 is 12.6 Å². The standard InChI is InChI=1S/C8H9NO2/c9-5-6-1-3-7(4-2-6)8(10)11/h1-4H,5,9H2,(H,10,11)/i5D2. The molecule has 0 spiro atoms. The summed E-state index contributed by atoms with van der Waals surface area (Å²) in [6.45, 7) is -1.92. The fourth-order valence-corrected chi connectivity index (χ4v) is 0.709. The molecule has 1 aromatic rings. The Morgan fingerprint density at radius 2 is 2.09 bits per heavy atom. The van der Waals surface area contributed by atoms with Crippen LogP contribution in [0.4, 0.5) is 0 Å². The average Bonchev–Trinajstić information content (AvgIpc) is 2.03. The van der Waals surface area contributed by atoms with E-state index >= 15 is 0 Å². The molecular formula is C8H9NO2. The highest BCUT2D eigenvalue weighted by molar-refractivity contribution is 5.87. The van der Waals surface area contributed by atoms with Crippen molar-refractivity contribution in [3.05, 3.63) is 35.4 Å². The molecule has 0 aliphatic rings. The minimum atomic E-state index is -1.92. The van der Waals surface area contributed by atoms with Crippen molar-refractivity contribution in [1.82, 2.24) is 0 Å². The molecule has 58 valence electrons. The lowest BCUT2D eigenvalue weighted by molar-refractivity contribution is 0.0697. The third-order valence-electron chi connectivity index (χ3n) is 1.30. The highest BCUT2D eigenvalue weighted by Gasteiger charge is 1.99. The van der Waals surface area contributed by atoms with Gasteiger partial charge in [0.1, 0.15) is 0 Å². The molecule has 3 N–H and O–H groups in total. The van der Waals surface area contributed by atoms with E-state index in [2.05, 4.69) is 0 Å². The Kier molecular flexibility index (Phi) is 1.53. The van der Waals surface area contributed by atoms with Gasteiger partial charge in [-0.1, -0.05) is 12.1 Å². The maximum Gasteiger partial charge on any atom is 0.335 e. The first-order chi connectivity index (χ1) is 5.91. The lowest BCUT2D eigenvalue weighted by Gasteiger charge is -1.96. The monoisotopic (exact) mass is 153 g/mol. The van der Waals surface area contributed by atoms with Crippen molar-refractivity contribution in [2.24, 2.45) is 5.73 Å². The Morgan fingerprint density at radius 3 is 2.45 bits per heavy atom. The molecule has 0 atom stereocenters. The van der Waals surface area contributed by atoms with E-state index < -0.39 is 12.5 Å². The van der Waals surface area contributed by atoms with E-state index in [4.69, 9.17) is 13.6 Å². The van der Waals surface area contributed by atoms with Gasteiger partial charge in [0.2, 0.25) is 0 Å². The van der Waals surface area contributed by atoms with Gasteiger partial charge in [0.25, 0.3) is 0 Å². The second kappa shape index (κ2) is 3.16. The SMILES string of the molecule is [2H]C([2H])(N)c1ccc(C(=O)O)cc1. The summed E-state index contributed by atoms with van der Waals surface area (Å²) in [5.41, 5.74) is 5.55. The molecule has 0 heterocycles. The molecule has 0 saturated heterocycles. The van der Waals surface area contributed by atoms with Gasteiger partial charge in [-0.25, -0.2) is 4.79 Å². The van der Waals surface area contributed by atoms with Gasteiger partial charge in [0, 0.05) is 9.24 Å². The van der Waals surface area contributed by atoms with E-state index in [0.29, 0.717) is 0 Å². The summed E-state index contributed by atoms with van der Waals surface area (Å²) in [5.74, 6) is -1.04. The number of aromatic carboxylic acids is 1. The first-order valence-electron chi connectivity index (χ1n) is 4.04. The highest BCUT2D eigenvalue weighted by atomic mass is 16.4. The molecular weight excluding hydrogens is 142 g/mol. The van der Waals surface area contributed by atoms with Crippen molar-refractivity contribution in [2.75, 3.05) is 0 Å². The maximum atomic E-state index is 10.4. The fraction of sp³-hybridized carbons (Fsp3) is 0.125. The topological polar surface area (TPSA) is 63.3 Å². The minimum absolute atomic E-state index is 0.119. The minimum Gasteiger partial charge on any atom is -0.478 e. The average molecular weight is 153 g/mol. The van der Waals surface area contributed by atoms with Gasteiger partial charge in [0.15, 0.2) is 0 Å². The molecule has 0 amide bonds. The summed E-state index contributed by atoms with van der Waals surface area (Å²) in [7, 11) is 0. The van der Waals surface area contributed by atoms with Gasteiger partial charge < -0.3 is 10.8 Å². The Hall–Kier alpha value is -1.35. The molecule has 1 rings (SSSR count). The summed E-state index contributed by atoms with van der Waals surface area (Å²) in [6.07, 6.45) is 0. The molecule has 0 aliphatic heterocycles. The quantitative estimate of drug-likeness (QED) is 0.661. The largest absolute Gasteiger partial charge is 0.478 e. The Morgan fingerprint density at radius 1 is 1.55 bits per heavy atom. The first-order valence-corrected chi connectivity index (χ1v) is 3.04. The first kappa shape index (κ1) is 5.32. The molecule has 0 aliphatic carbocycles. The molecule has 3 heteroatoms. The smallest absolute Gasteiger partial charge is 0.335 e. The van der Waals surface area contributed by atoms with Crippen LogP contribution >= 0.6 is 0 Å². The predicted octanol–water partition coefficient (Wildman–Crippen LogP) is 0.844. The van der Waals surface area contributed by atoms with E-state index in [0.717, 1.165) is 0 Å². The van der Waals surface area contributed by atoms with E-state index in [1.54, 1.807) is 0 Å². The van der Waals surface area contributed by atoms with Crippen molar-refractivity contribution in [2.45, 2.75) is 6.50 Å². The van der Waals surface area contributed by atoms with Gasteiger partial charge in [-0.3, -0.25) is 0 Å². The van der Waals surface area contributed by atoms with Crippen LogP contribution < -0.4 is 5.73 Å². The second-order valence-corrected chi connectivity index (χ2v) is 2.03. The molecule has 0 fully saturated rings. The fourth-order valence-electron chi connectivity index (χ4n) is 0.709. The maximum absolute atomic E-state index is 10.4. The van der Waals surface area contributed by atoms with E-state index in [1.165, 1.54) is 24.3 Å². The second-order valence-electron chi connectivity index (χ2n) is 2.03. The van der Waals surface area contributed by atoms with Gasteiger partial charge in [-0.2, -0.15) is 0 Å². The number of carboxylic acid groups (broad SMARTS) is 1. The Labute approximate surface area is 67.3 Å². The van der Waals surface area contributed by atoms with Gasteiger partial charge in [0.05, 0.1) is 5.56 Å². The number of rotatable bonds is 2. The summed E-state index contributed by atoms with van der Waals surface area (Å²) < 4.78 is 14.3. The van der Waals surface area contributed by atoms with Crippen LogP contribution in [0.25, 0.3) is 0 Å². The molecule has 0 bridgehead atoms. The van der Waals surface area contributed by atoms with Crippen LogP contribution in [0.15, 0.2) is 24.3 Å². The number of nitrogens with two attached hydrogens (primary N) is 1. The van der Waals surface area contributed by atoms with Crippen LogP contribution in [0, 0.1) is 0 Å². The highest BCUT2D eigenvalue weighted by Crippen LogP contribution is 2.02. The lowest BCUT2D eigenvalue weighted by Crippen LogP contribution is -1.99. The van der Waals surface area contributed by atoms with E-state index in [1.807, 2.05) is 0 Å². The molecule has 1 aromatic carbocycles. The lowest BCUT2D eigenvalue weighted by atomic mass is 10.1. The summed E-state index contributed by atoms with van der Waals surface area (Å²) in [5, 5.41) is 8.55. The molecule has 0 unspecified atom stereocenters. The number of benzene rings is 1. The molecule has 0 saturated carbocycles. The summed E-state index contributed by atoms with van der Waals surface area (Å²) >= 11 is 0. The normalized spacial score (nSPS) is 13.5. The number of carboxylic acids is 1. The van der Waals surface area contributed by atoms with Crippen LogP contribution in [-0.4, -0.2) is 11.1 Å². The van der Waals surface area contributed by atoms with Crippen LogP contribution in [0.1, 0.15) is 18.7 Å². The number of hydrogen-bond acceptors (Lipinski definition) is 2. The Balaban J connectivity index is 3.01. The van der Waals surface area contributed by atoms with Crippen molar-refractivity contribution >= 4 is 5.97 Å². The summed E-state index contributed by atoms with van der Waals surface area (Å²) in [6, 6.07) is 5.37. The van der Waals surface area contributed by atoms with Crippen molar-refractivity contribution in [3.63, 3.8) is 0 Å². The van der Waals surface area contributed by atoms with Gasteiger partial charge in [-0.05, 0) is 17.7 Å². The van der Waals surface area contributed by atoms with Gasteiger partial charge in [-0.15, -0.1) is 0 Å². The third-order valence-corrected chi connectivity index (χ3v) is 1.30. The third kappa shape index (κ3) is 1.78. The van der Waals surface area contributed by atoms with Crippen molar-refractivity contribution in [1.29, 1.82) is 0 Å². The molecule has 3 nitrogen and oxygen atoms in total. The van der Waals surface area contributed by atoms with Crippen LogP contribution in [-0.2, 0) is 6.50 Å². The van der Waals surface area contributed by atoms with E-state index in [9.17, 15) is 4.79 Å². The van der Waals surface area contributed by atoms with E-state index in [-0.39, 0.29) is 11.1 Å². The van der Waals surface area contributed by atoms with Crippen LogP contribution in [0.5, 0.6) is 0 Å². The van der Waals surface area contributed by atoms with Gasteiger partial charge >= 0.3 is 5.97 Å². The zero-order valence-corrected chi connectivity index (χ0v) is 5.74. The van der Waals surface area contributed by atoms with Crippen LogP contribution in [0.3, 0.4) is 0 Å². The molecule has 0 radical (unpaired) electrons. The molecule has 11 heavy (non-hydrogen) atoms. The number of hydrogen-bond donors (Lipinski definition) is 2. The van der Waals surface area contributed by atoms with Crippen molar-refractivity contribution in [3.8, 4) is 0 Å². The zero-order chi connectivity index (χ0) is 10.1. The zero-order valence-electron chi connectivity index (χ0n) is 7.74. The van der Waals surface area contributed by atoms with Crippen LogP contribution in [0.2, 0.25) is 0 Å². The number of carbonyl (C=O) groups is 1.